The average Bonchev–Trinajstić information content (AvgIpc) is 3.24. The first-order valence-electron chi connectivity index (χ1n) is 7.29. The van der Waals surface area contributed by atoms with E-state index >= 15 is 0 Å². The highest BCUT2D eigenvalue weighted by molar-refractivity contribution is 5.82. The van der Waals surface area contributed by atoms with Crippen LogP contribution in [0.5, 0.6) is 0 Å². The summed E-state index contributed by atoms with van der Waals surface area (Å²) in [6.45, 7) is 0.703. The molecule has 0 radical (unpaired) electrons. The van der Waals surface area contributed by atoms with Crippen LogP contribution in [0.15, 0.2) is 0 Å². The molecule has 1 amide bonds. The second-order valence-corrected chi connectivity index (χ2v) is 6.76. The standard InChI is InChI=1S/C14H22N2O/c15-10(7-1-2-7)6-16-14(17)13-11-8-3-4-9(5-8)12(11)13/h7-13H,1-6,15H2,(H,16,17). The number of hydrogen-bond donors (Lipinski definition) is 2. The minimum Gasteiger partial charge on any atom is -0.354 e. The monoisotopic (exact) mass is 234 g/mol. The van der Waals surface area contributed by atoms with Gasteiger partial charge in [0, 0.05) is 18.5 Å². The lowest BCUT2D eigenvalue weighted by atomic mass is 10.0. The smallest absolute Gasteiger partial charge is 0.223 e. The van der Waals surface area contributed by atoms with Gasteiger partial charge < -0.3 is 11.1 Å². The molecule has 0 aromatic heterocycles. The number of nitrogens with two attached hydrogens (primary N) is 1. The molecule has 0 aliphatic heterocycles. The number of carbonyl (C=O) groups excluding carboxylic acids is 1. The number of fused-ring (bicyclic) bond motifs is 5. The minimum atomic E-state index is 0.203. The largest absolute Gasteiger partial charge is 0.354 e. The van der Waals surface area contributed by atoms with Crippen LogP contribution < -0.4 is 11.1 Å². The van der Waals surface area contributed by atoms with Crippen molar-refractivity contribution in [2.75, 3.05) is 6.54 Å². The van der Waals surface area contributed by atoms with Crippen LogP contribution in [0.25, 0.3) is 0 Å². The van der Waals surface area contributed by atoms with E-state index in [1.54, 1.807) is 0 Å². The summed E-state index contributed by atoms with van der Waals surface area (Å²) in [5.74, 6) is 4.65. The summed E-state index contributed by atoms with van der Waals surface area (Å²) in [4.78, 5) is 12.1. The van der Waals surface area contributed by atoms with Crippen LogP contribution in [-0.4, -0.2) is 18.5 Å². The first kappa shape index (κ1) is 10.4. The highest BCUT2D eigenvalue weighted by Gasteiger charge is 2.67. The van der Waals surface area contributed by atoms with Crippen LogP contribution in [0, 0.1) is 35.5 Å². The van der Waals surface area contributed by atoms with Crippen molar-refractivity contribution >= 4 is 5.91 Å². The quantitative estimate of drug-likeness (QED) is 0.766. The Labute approximate surface area is 103 Å². The van der Waals surface area contributed by atoms with Crippen molar-refractivity contribution in [1.82, 2.24) is 5.32 Å². The summed E-state index contributed by atoms with van der Waals surface area (Å²) in [6, 6.07) is 0.203. The summed E-state index contributed by atoms with van der Waals surface area (Å²) in [5, 5.41) is 3.10. The Morgan fingerprint density at radius 2 is 1.82 bits per heavy atom. The molecule has 4 rings (SSSR count). The average molecular weight is 234 g/mol. The third-order valence-corrected chi connectivity index (χ3v) is 5.78. The fourth-order valence-electron chi connectivity index (χ4n) is 4.70. The van der Waals surface area contributed by atoms with Crippen molar-refractivity contribution in [3.63, 3.8) is 0 Å². The molecule has 0 heterocycles. The van der Waals surface area contributed by atoms with Crippen molar-refractivity contribution in [1.29, 1.82) is 0 Å². The van der Waals surface area contributed by atoms with Gasteiger partial charge in [0.1, 0.15) is 0 Å². The fraction of sp³-hybridized carbons (Fsp3) is 0.929. The molecule has 0 saturated heterocycles. The molecule has 4 fully saturated rings. The lowest BCUT2D eigenvalue weighted by Crippen LogP contribution is -2.39. The molecule has 0 spiro atoms. The van der Waals surface area contributed by atoms with Crippen molar-refractivity contribution in [3.8, 4) is 0 Å². The van der Waals surface area contributed by atoms with Crippen LogP contribution in [0.1, 0.15) is 32.1 Å². The molecule has 5 unspecified atom stereocenters. The molecule has 0 aromatic rings. The molecule has 17 heavy (non-hydrogen) atoms. The Bertz CT molecular complexity index is 336. The zero-order valence-corrected chi connectivity index (χ0v) is 10.3. The van der Waals surface area contributed by atoms with E-state index in [0.29, 0.717) is 24.3 Å². The first-order valence-corrected chi connectivity index (χ1v) is 7.29. The fourth-order valence-corrected chi connectivity index (χ4v) is 4.70. The van der Waals surface area contributed by atoms with Gasteiger partial charge in [-0.3, -0.25) is 4.79 Å². The first-order chi connectivity index (χ1) is 8.25. The van der Waals surface area contributed by atoms with Crippen LogP contribution in [0.3, 0.4) is 0 Å². The van der Waals surface area contributed by atoms with Gasteiger partial charge in [0.15, 0.2) is 0 Å². The van der Waals surface area contributed by atoms with E-state index in [0.717, 1.165) is 23.7 Å². The van der Waals surface area contributed by atoms with Gasteiger partial charge >= 0.3 is 0 Å². The SMILES string of the molecule is NC(CNC(=O)C1C2C3CCC(C3)C12)C1CC1. The maximum Gasteiger partial charge on any atom is 0.223 e. The van der Waals surface area contributed by atoms with Gasteiger partial charge in [0.25, 0.3) is 0 Å². The Morgan fingerprint density at radius 1 is 1.18 bits per heavy atom. The Morgan fingerprint density at radius 3 is 2.41 bits per heavy atom. The third kappa shape index (κ3) is 1.55. The van der Waals surface area contributed by atoms with Crippen LogP contribution in [-0.2, 0) is 4.79 Å². The molecular formula is C14H22N2O. The zero-order chi connectivity index (χ0) is 11.6. The van der Waals surface area contributed by atoms with Gasteiger partial charge in [0.2, 0.25) is 5.91 Å². The second kappa shape index (κ2) is 3.47. The third-order valence-electron chi connectivity index (χ3n) is 5.78. The second-order valence-electron chi connectivity index (χ2n) is 6.76. The van der Waals surface area contributed by atoms with Crippen LogP contribution in [0.2, 0.25) is 0 Å². The van der Waals surface area contributed by atoms with E-state index in [1.807, 2.05) is 0 Å². The lowest BCUT2D eigenvalue weighted by Gasteiger charge is -2.13. The maximum atomic E-state index is 12.1. The molecule has 3 nitrogen and oxygen atoms in total. The Balaban J connectivity index is 1.30. The summed E-state index contributed by atoms with van der Waals surface area (Å²) in [7, 11) is 0. The number of amides is 1. The number of rotatable bonds is 4. The number of nitrogens with one attached hydrogen (secondary N) is 1. The van der Waals surface area contributed by atoms with Gasteiger partial charge in [-0.05, 0) is 61.7 Å². The van der Waals surface area contributed by atoms with E-state index in [4.69, 9.17) is 5.73 Å². The van der Waals surface area contributed by atoms with E-state index in [9.17, 15) is 4.79 Å². The van der Waals surface area contributed by atoms with E-state index in [-0.39, 0.29) is 6.04 Å². The highest BCUT2D eigenvalue weighted by atomic mass is 16.2. The lowest BCUT2D eigenvalue weighted by molar-refractivity contribution is -0.123. The van der Waals surface area contributed by atoms with E-state index in [1.165, 1.54) is 32.1 Å². The molecule has 2 bridgehead atoms. The number of hydrogen-bond acceptors (Lipinski definition) is 2. The topological polar surface area (TPSA) is 55.1 Å². The number of carbonyl (C=O) groups is 1. The molecule has 5 atom stereocenters. The Hall–Kier alpha value is -0.570. The summed E-state index contributed by atoms with van der Waals surface area (Å²) >= 11 is 0. The summed E-state index contributed by atoms with van der Waals surface area (Å²) in [5.41, 5.74) is 6.02. The minimum absolute atomic E-state index is 0.203. The van der Waals surface area contributed by atoms with E-state index < -0.39 is 0 Å². The van der Waals surface area contributed by atoms with Crippen molar-refractivity contribution in [3.05, 3.63) is 0 Å². The molecule has 4 aliphatic rings. The van der Waals surface area contributed by atoms with Crippen molar-refractivity contribution in [2.24, 2.45) is 41.2 Å². The molecular weight excluding hydrogens is 212 g/mol. The van der Waals surface area contributed by atoms with Crippen LogP contribution in [0.4, 0.5) is 0 Å². The zero-order valence-electron chi connectivity index (χ0n) is 10.3. The summed E-state index contributed by atoms with van der Waals surface area (Å²) < 4.78 is 0. The van der Waals surface area contributed by atoms with Crippen molar-refractivity contribution in [2.45, 2.75) is 38.1 Å². The van der Waals surface area contributed by atoms with Gasteiger partial charge in [-0.1, -0.05) is 0 Å². The molecule has 94 valence electrons. The molecule has 0 aromatic carbocycles. The highest BCUT2D eigenvalue weighted by Crippen LogP contribution is 2.69. The van der Waals surface area contributed by atoms with Crippen LogP contribution >= 0.6 is 0 Å². The molecule has 4 saturated carbocycles. The van der Waals surface area contributed by atoms with Gasteiger partial charge in [0.05, 0.1) is 0 Å². The molecule has 3 heteroatoms. The van der Waals surface area contributed by atoms with Gasteiger partial charge in [-0.25, -0.2) is 0 Å². The molecule has 4 aliphatic carbocycles. The predicted octanol–water partition coefficient (Wildman–Crippen LogP) is 1.13. The summed E-state index contributed by atoms with van der Waals surface area (Å²) in [6.07, 6.45) is 6.71. The Kier molecular flexibility index (Phi) is 2.11. The van der Waals surface area contributed by atoms with Crippen molar-refractivity contribution < 1.29 is 4.79 Å². The predicted molar refractivity (Wildman–Crippen MR) is 65.0 cm³/mol. The van der Waals surface area contributed by atoms with Gasteiger partial charge in [-0.15, -0.1) is 0 Å². The van der Waals surface area contributed by atoms with E-state index in [2.05, 4.69) is 5.32 Å². The van der Waals surface area contributed by atoms with Gasteiger partial charge in [-0.2, -0.15) is 0 Å². The molecule has 3 N–H and O–H groups in total. The normalized spacial score (nSPS) is 47.7. The maximum absolute atomic E-state index is 12.1.